The first-order valence-corrected chi connectivity index (χ1v) is 5.43. The molecule has 3 nitrogen and oxygen atoms in total. The predicted molar refractivity (Wildman–Crippen MR) is 62.1 cm³/mol. The van der Waals surface area contributed by atoms with Crippen LogP contribution in [0.15, 0.2) is 22.2 Å². The van der Waals surface area contributed by atoms with E-state index in [9.17, 15) is 23.1 Å². The average Bonchev–Trinajstić information content (AvgIpc) is 2.21. The van der Waals surface area contributed by atoms with Crippen molar-refractivity contribution >= 4 is 28.0 Å². The van der Waals surface area contributed by atoms with Gasteiger partial charge in [-0.25, -0.2) is 4.79 Å². The number of rotatable bonds is 2. The number of aromatic hydroxyl groups is 1. The van der Waals surface area contributed by atoms with Crippen LogP contribution < -0.4 is 0 Å². The Labute approximate surface area is 109 Å². The van der Waals surface area contributed by atoms with Crippen molar-refractivity contribution in [2.45, 2.75) is 13.1 Å². The zero-order valence-electron chi connectivity index (χ0n) is 9.05. The maximum absolute atomic E-state index is 12.6. The van der Waals surface area contributed by atoms with Crippen molar-refractivity contribution in [2.24, 2.45) is 0 Å². The molecular formula is C11H8BrF3O3. The Morgan fingerprint density at radius 2 is 1.94 bits per heavy atom. The lowest BCUT2D eigenvalue weighted by Crippen LogP contribution is -2.06. The van der Waals surface area contributed by atoms with Crippen LogP contribution in [0.5, 0.6) is 5.75 Å². The van der Waals surface area contributed by atoms with Gasteiger partial charge in [-0.15, -0.1) is 0 Å². The fourth-order valence-corrected chi connectivity index (χ4v) is 1.72. The van der Waals surface area contributed by atoms with Gasteiger partial charge in [0.15, 0.2) is 0 Å². The van der Waals surface area contributed by atoms with Gasteiger partial charge in [-0.05, 0) is 25.1 Å². The van der Waals surface area contributed by atoms with Gasteiger partial charge in [0.2, 0.25) is 0 Å². The summed E-state index contributed by atoms with van der Waals surface area (Å²) in [5.41, 5.74) is -1.62. The van der Waals surface area contributed by atoms with Gasteiger partial charge in [0.05, 0.1) is 5.56 Å². The Kier molecular flexibility index (Phi) is 4.05. The van der Waals surface area contributed by atoms with E-state index in [1.54, 1.807) is 0 Å². The number of hydrogen-bond acceptors (Lipinski definition) is 2. The smallest absolute Gasteiger partial charge is 0.420 e. The molecule has 1 aromatic carbocycles. The van der Waals surface area contributed by atoms with Crippen molar-refractivity contribution < 1.29 is 28.2 Å². The first kappa shape index (κ1) is 14.6. The molecule has 1 aromatic rings. The third-order valence-corrected chi connectivity index (χ3v) is 2.58. The number of carboxylic acids is 1. The second-order valence-electron chi connectivity index (χ2n) is 3.52. The molecule has 2 N–H and O–H groups in total. The summed E-state index contributed by atoms with van der Waals surface area (Å²) in [6.45, 7) is 1.22. The third-order valence-electron chi connectivity index (χ3n) is 2.12. The molecule has 0 saturated carbocycles. The molecular weight excluding hydrogens is 317 g/mol. The standard InChI is InChI=1S/C11H8BrF3O3/c1-5(10(17)18)2-6-3-7(12)4-8(9(6)16)11(13,14)15/h2-4,16H,1H3,(H,17,18)/b5-2+. The van der Waals surface area contributed by atoms with Crippen LogP contribution in [-0.2, 0) is 11.0 Å². The van der Waals surface area contributed by atoms with Gasteiger partial charge in [-0.3, -0.25) is 0 Å². The highest BCUT2D eigenvalue weighted by molar-refractivity contribution is 9.10. The average molecular weight is 325 g/mol. The second kappa shape index (κ2) is 5.01. The maximum Gasteiger partial charge on any atom is 0.420 e. The molecule has 0 heterocycles. The molecule has 0 unspecified atom stereocenters. The van der Waals surface area contributed by atoms with E-state index in [1.165, 1.54) is 13.0 Å². The molecule has 0 aliphatic heterocycles. The molecule has 98 valence electrons. The molecule has 0 fully saturated rings. The Morgan fingerprint density at radius 1 is 1.39 bits per heavy atom. The Balaban J connectivity index is 3.44. The number of carboxylic acid groups (broad SMARTS) is 1. The molecule has 1 rings (SSSR count). The zero-order valence-corrected chi connectivity index (χ0v) is 10.6. The number of phenols is 1. The van der Waals surface area contributed by atoms with E-state index in [0.29, 0.717) is 0 Å². The van der Waals surface area contributed by atoms with Crippen molar-refractivity contribution in [1.29, 1.82) is 0 Å². The van der Waals surface area contributed by atoms with E-state index in [4.69, 9.17) is 5.11 Å². The van der Waals surface area contributed by atoms with Gasteiger partial charge >= 0.3 is 12.1 Å². The fourth-order valence-electron chi connectivity index (χ4n) is 1.24. The molecule has 0 atom stereocenters. The van der Waals surface area contributed by atoms with E-state index >= 15 is 0 Å². The minimum absolute atomic E-state index is 0.0945. The van der Waals surface area contributed by atoms with Crippen LogP contribution in [0.1, 0.15) is 18.1 Å². The van der Waals surface area contributed by atoms with Crippen LogP contribution in [0.3, 0.4) is 0 Å². The molecule has 0 aromatic heterocycles. The molecule has 0 bridgehead atoms. The molecule has 0 radical (unpaired) electrons. The first-order chi connectivity index (χ1) is 8.12. The number of halogens is 4. The van der Waals surface area contributed by atoms with Gasteiger partial charge in [0, 0.05) is 15.6 Å². The Morgan fingerprint density at radius 3 is 2.39 bits per heavy atom. The lowest BCUT2D eigenvalue weighted by atomic mass is 10.1. The second-order valence-corrected chi connectivity index (χ2v) is 4.44. The number of carbonyl (C=O) groups is 1. The van der Waals surface area contributed by atoms with Crippen molar-refractivity contribution in [3.63, 3.8) is 0 Å². The minimum Gasteiger partial charge on any atom is -0.507 e. The highest BCUT2D eigenvalue weighted by Gasteiger charge is 2.35. The highest BCUT2D eigenvalue weighted by atomic mass is 79.9. The summed E-state index contributed by atoms with van der Waals surface area (Å²) >= 11 is 2.88. The predicted octanol–water partition coefficient (Wildman–Crippen LogP) is 3.66. The van der Waals surface area contributed by atoms with Gasteiger partial charge in [0.1, 0.15) is 5.75 Å². The highest BCUT2D eigenvalue weighted by Crippen LogP contribution is 2.40. The van der Waals surface area contributed by atoms with Gasteiger partial charge in [0.25, 0.3) is 0 Å². The molecule has 0 saturated heterocycles. The maximum atomic E-state index is 12.6. The number of benzene rings is 1. The zero-order chi connectivity index (χ0) is 14.1. The van der Waals surface area contributed by atoms with Gasteiger partial charge in [-0.1, -0.05) is 15.9 Å². The first-order valence-electron chi connectivity index (χ1n) is 4.64. The number of phenolic OH excluding ortho intramolecular Hbond substituents is 1. The Hall–Kier alpha value is -1.50. The number of alkyl halides is 3. The summed E-state index contributed by atoms with van der Waals surface area (Å²) in [6, 6.07) is 1.93. The van der Waals surface area contributed by atoms with Crippen LogP contribution in [0, 0.1) is 0 Å². The molecule has 7 heteroatoms. The summed E-state index contributed by atoms with van der Waals surface area (Å²) in [6.07, 6.45) is -3.74. The van der Waals surface area contributed by atoms with Gasteiger partial charge < -0.3 is 10.2 Å². The van der Waals surface area contributed by atoms with Crippen molar-refractivity contribution in [1.82, 2.24) is 0 Å². The Bertz CT molecular complexity index is 521. The van der Waals surface area contributed by atoms with Crippen LogP contribution >= 0.6 is 15.9 Å². The molecule has 0 aliphatic rings. The normalized spacial score (nSPS) is 12.6. The lowest BCUT2D eigenvalue weighted by molar-refractivity contribution is -0.138. The minimum atomic E-state index is -4.71. The van der Waals surface area contributed by atoms with E-state index < -0.39 is 23.5 Å². The van der Waals surface area contributed by atoms with Crippen LogP contribution in [0.4, 0.5) is 13.2 Å². The van der Waals surface area contributed by atoms with E-state index in [-0.39, 0.29) is 15.6 Å². The molecule has 0 spiro atoms. The van der Waals surface area contributed by atoms with Crippen LogP contribution in [0.2, 0.25) is 0 Å². The summed E-state index contributed by atoms with van der Waals surface area (Å²) in [4.78, 5) is 10.6. The summed E-state index contributed by atoms with van der Waals surface area (Å²) in [7, 11) is 0. The van der Waals surface area contributed by atoms with Gasteiger partial charge in [-0.2, -0.15) is 13.2 Å². The lowest BCUT2D eigenvalue weighted by Gasteiger charge is -2.12. The SMILES string of the molecule is C/C(=C\c1cc(Br)cc(C(F)(F)F)c1O)C(=O)O. The van der Waals surface area contributed by atoms with Crippen molar-refractivity contribution in [3.05, 3.63) is 33.3 Å². The molecule has 0 amide bonds. The quantitative estimate of drug-likeness (QED) is 0.816. The third kappa shape index (κ3) is 3.25. The largest absolute Gasteiger partial charge is 0.507 e. The molecule has 18 heavy (non-hydrogen) atoms. The fraction of sp³-hybridized carbons (Fsp3) is 0.182. The summed E-state index contributed by atoms with van der Waals surface area (Å²) in [5, 5.41) is 18.2. The van der Waals surface area contributed by atoms with E-state index in [2.05, 4.69) is 15.9 Å². The van der Waals surface area contributed by atoms with E-state index in [1.807, 2.05) is 0 Å². The summed E-state index contributed by atoms with van der Waals surface area (Å²) in [5.74, 6) is -2.27. The van der Waals surface area contributed by atoms with Crippen LogP contribution in [0.25, 0.3) is 6.08 Å². The monoisotopic (exact) mass is 324 g/mol. The van der Waals surface area contributed by atoms with Crippen molar-refractivity contribution in [3.8, 4) is 5.75 Å². The topological polar surface area (TPSA) is 57.5 Å². The van der Waals surface area contributed by atoms with E-state index in [0.717, 1.165) is 12.1 Å². The van der Waals surface area contributed by atoms with Crippen molar-refractivity contribution in [2.75, 3.05) is 0 Å². The number of aliphatic carboxylic acids is 1. The summed E-state index contributed by atoms with van der Waals surface area (Å²) < 4.78 is 37.9. The number of hydrogen-bond donors (Lipinski definition) is 2. The molecule has 0 aliphatic carbocycles. The van der Waals surface area contributed by atoms with Crippen LogP contribution in [-0.4, -0.2) is 16.2 Å².